The minimum absolute atomic E-state index is 0.140. The summed E-state index contributed by atoms with van der Waals surface area (Å²) in [4.78, 5) is 0. The standard InChI is InChI=1S/C14H16BrClN2/c1-9(12-6-5-11(15)7-13(12)16)18-14-4-2-3-10(14)8-17/h5-7,9-10,14,18H,2-4H2,1H3. The molecule has 1 aromatic carbocycles. The zero-order valence-corrected chi connectivity index (χ0v) is 12.6. The first-order valence-electron chi connectivity index (χ1n) is 6.22. The fourth-order valence-corrected chi connectivity index (χ4v) is 3.41. The number of nitrogens with zero attached hydrogens (tertiary/aromatic N) is 1. The summed E-state index contributed by atoms with van der Waals surface area (Å²) in [5, 5.41) is 13.4. The van der Waals surface area contributed by atoms with E-state index in [4.69, 9.17) is 16.9 Å². The Balaban J connectivity index is 2.08. The van der Waals surface area contributed by atoms with Crippen LogP contribution in [0.2, 0.25) is 5.02 Å². The minimum atomic E-state index is 0.140. The first-order chi connectivity index (χ1) is 8.61. The molecule has 1 fully saturated rings. The van der Waals surface area contributed by atoms with Crippen molar-refractivity contribution in [2.45, 2.75) is 38.3 Å². The third kappa shape index (κ3) is 3.06. The molecule has 1 aliphatic carbocycles. The molecule has 3 atom stereocenters. The van der Waals surface area contributed by atoms with Crippen molar-refractivity contribution >= 4 is 27.5 Å². The van der Waals surface area contributed by atoms with Gasteiger partial charge in [-0.15, -0.1) is 0 Å². The molecule has 1 N–H and O–H groups in total. The lowest BCUT2D eigenvalue weighted by molar-refractivity contribution is 0.417. The van der Waals surface area contributed by atoms with Crippen molar-refractivity contribution in [3.63, 3.8) is 0 Å². The first kappa shape index (κ1) is 13.9. The number of benzene rings is 1. The molecular weight excluding hydrogens is 312 g/mol. The van der Waals surface area contributed by atoms with Crippen LogP contribution in [0.25, 0.3) is 0 Å². The van der Waals surface area contributed by atoms with Gasteiger partial charge in [-0.2, -0.15) is 5.26 Å². The van der Waals surface area contributed by atoms with Gasteiger partial charge in [0.2, 0.25) is 0 Å². The van der Waals surface area contributed by atoms with E-state index in [1.807, 2.05) is 18.2 Å². The minimum Gasteiger partial charge on any atom is -0.306 e. The van der Waals surface area contributed by atoms with E-state index in [0.29, 0.717) is 6.04 Å². The van der Waals surface area contributed by atoms with Gasteiger partial charge in [0.05, 0.1) is 12.0 Å². The number of nitrogens with one attached hydrogen (secondary N) is 1. The lowest BCUT2D eigenvalue weighted by atomic mass is 10.0. The average Bonchev–Trinajstić information content (AvgIpc) is 2.76. The van der Waals surface area contributed by atoms with Crippen LogP contribution in [-0.4, -0.2) is 6.04 Å². The second kappa shape index (κ2) is 6.06. The molecule has 1 aromatic rings. The largest absolute Gasteiger partial charge is 0.306 e. The van der Waals surface area contributed by atoms with E-state index in [2.05, 4.69) is 34.2 Å². The summed E-state index contributed by atoms with van der Waals surface area (Å²) in [7, 11) is 0. The predicted octanol–water partition coefficient (Wildman–Crippen LogP) is 4.45. The van der Waals surface area contributed by atoms with Crippen LogP contribution < -0.4 is 5.32 Å². The Hall–Kier alpha value is -0.560. The molecule has 18 heavy (non-hydrogen) atoms. The highest BCUT2D eigenvalue weighted by Crippen LogP contribution is 2.30. The Labute approximate surface area is 121 Å². The maximum atomic E-state index is 9.09. The molecule has 4 heteroatoms. The summed E-state index contributed by atoms with van der Waals surface area (Å²) in [5.74, 6) is 0.140. The van der Waals surface area contributed by atoms with Crippen LogP contribution in [0.1, 0.15) is 37.8 Å². The second-order valence-corrected chi connectivity index (χ2v) is 6.15. The van der Waals surface area contributed by atoms with Crippen LogP contribution in [-0.2, 0) is 0 Å². The molecule has 0 amide bonds. The Kier molecular flexibility index (Phi) is 4.66. The lowest BCUT2D eigenvalue weighted by Crippen LogP contribution is -2.34. The van der Waals surface area contributed by atoms with Crippen LogP contribution in [0, 0.1) is 17.2 Å². The number of hydrogen-bond acceptors (Lipinski definition) is 2. The molecule has 0 radical (unpaired) electrons. The van der Waals surface area contributed by atoms with Gasteiger partial charge < -0.3 is 5.32 Å². The summed E-state index contributed by atoms with van der Waals surface area (Å²) in [6, 6.07) is 8.79. The van der Waals surface area contributed by atoms with Crippen molar-refractivity contribution in [1.29, 1.82) is 5.26 Å². The zero-order chi connectivity index (χ0) is 13.1. The van der Waals surface area contributed by atoms with E-state index in [1.54, 1.807) is 0 Å². The van der Waals surface area contributed by atoms with Crippen LogP contribution in [0.15, 0.2) is 22.7 Å². The first-order valence-corrected chi connectivity index (χ1v) is 7.39. The Morgan fingerprint density at radius 2 is 2.28 bits per heavy atom. The van der Waals surface area contributed by atoms with Gasteiger partial charge in [-0.3, -0.25) is 0 Å². The molecule has 0 aromatic heterocycles. The Bertz CT molecular complexity index is 469. The predicted molar refractivity (Wildman–Crippen MR) is 77.4 cm³/mol. The van der Waals surface area contributed by atoms with Gasteiger partial charge in [-0.1, -0.05) is 40.0 Å². The van der Waals surface area contributed by atoms with Gasteiger partial charge in [0.1, 0.15) is 0 Å². The monoisotopic (exact) mass is 326 g/mol. The van der Waals surface area contributed by atoms with Gasteiger partial charge in [0.15, 0.2) is 0 Å². The maximum Gasteiger partial charge on any atom is 0.0672 e. The van der Waals surface area contributed by atoms with E-state index >= 15 is 0 Å². The van der Waals surface area contributed by atoms with E-state index in [-0.39, 0.29) is 12.0 Å². The van der Waals surface area contributed by atoms with Crippen molar-refractivity contribution < 1.29 is 0 Å². The van der Waals surface area contributed by atoms with Gasteiger partial charge in [0, 0.05) is 21.6 Å². The average molecular weight is 328 g/mol. The maximum absolute atomic E-state index is 9.09. The normalized spacial score (nSPS) is 24.8. The summed E-state index contributed by atoms with van der Waals surface area (Å²) in [5.41, 5.74) is 1.09. The van der Waals surface area contributed by atoms with Gasteiger partial charge in [-0.05, 0) is 37.5 Å². The van der Waals surface area contributed by atoms with Crippen molar-refractivity contribution in [2.75, 3.05) is 0 Å². The van der Waals surface area contributed by atoms with Gasteiger partial charge in [-0.25, -0.2) is 0 Å². The SMILES string of the molecule is CC(NC1CCCC1C#N)c1ccc(Br)cc1Cl. The summed E-state index contributed by atoms with van der Waals surface area (Å²) in [6.07, 6.45) is 3.22. The number of nitriles is 1. The summed E-state index contributed by atoms with van der Waals surface area (Å²) in [6.45, 7) is 2.10. The van der Waals surface area contributed by atoms with E-state index in [9.17, 15) is 0 Å². The van der Waals surface area contributed by atoms with E-state index in [0.717, 1.165) is 34.3 Å². The molecule has 3 unspecified atom stereocenters. The highest BCUT2D eigenvalue weighted by atomic mass is 79.9. The number of rotatable bonds is 3. The van der Waals surface area contributed by atoms with Crippen LogP contribution in [0.5, 0.6) is 0 Å². The Morgan fingerprint density at radius 3 is 2.94 bits per heavy atom. The van der Waals surface area contributed by atoms with Crippen molar-refractivity contribution in [1.82, 2.24) is 5.32 Å². The fourth-order valence-electron chi connectivity index (χ4n) is 2.58. The molecule has 1 aliphatic rings. The molecule has 0 bridgehead atoms. The summed E-state index contributed by atoms with van der Waals surface area (Å²) >= 11 is 9.65. The van der Waals surface area contributed by atoms with E-state index in [1.165, 1.54) is 0 Å². The molecule has 2 rings (SSSR count). The third-order valence-electron chi connectivity index (χ3n) is 3.57. The number of halogens is 2. The molecule has 0 saturated heterocycles. The number of hydrogen-bond donors (Lipinski definition) is 1. The molecule has 0 heterocycles. The zero-order valence-electron chi connectivity index (χ0n) is 10.3. The summed E-state index contributed by atoms with van der Waals surface area (Å²) < 4.78 is 0.985. The molecule has 0 aliphatic heterocycles. The molecule has 2 nitrogen and oxygen atoms in total. The highest BCUT2D eigenvalue weighted by molar-refractivity contribution is 9.10. The highest BCUT2D eigenvalue weighted by Gasteiger charge is 2.28. The van der Waals surface area contributed by atoms with Gasteiger partial charge in [0.25, 0.3) is 0 Å². The van der Waals surface area contributed by atoms with E-state index < -0.39 is 0 Å². The topological polar surface area (TPSA) is 35.8 Å². The lowest BCUT2D eigenvalue weighted by Gasteiger charge is -2.22. The molecule has 96 valence electrons. The molecule has 1 saturated carbocycles. The quantitative estimate of drug-likeness (QED) is 0.890. The smallest absolute Gasteiger partial charge is 0.0672 e. The third-order valence-corrected chi connectivity index (χ3v) is 4.40. The molecular formula is C14H16BrClN2. The van der Waals surface area contributed by atoms with Crippen molar-refractivity contribution in [2.24, 2.45) is 5.92 Å². The van der Waals surface area contributed by atoms with Crippen LogP contribution >= 0.6 is 27.5 Å². The fraction of sp³-hybridized carbons (Fsp3) is 0.500. The Morgan fingerprint density at radius 1 is 1.50 bits per heavy atom. The van der Waals surface area contributed by atoms with Gasteiger partial charge >= 0.3 is 0 Å². The second-order valence-electron chi connectivity index (χ2n) is 4.83. The van der Waals surface area contributed by atoms with Crippen molar-refractivity contribution in [3.8, 4) is 6.07 Å². The molecule has 0 spiro atoms. The van der Waals surface area contributed by atoms with Crippen LogP contribution in [0.4, 0.5) is 0 Å². The van der Waals surface area contributed by atoms with Crippen LogP contribution in [0.3, 0.4) is 0 Å². The van der Waals surface area contributed by atoms with Crippen molar-refractivity contribution in [3.05, 3.63) is 33.3 Å².